The lowest BCUT2D eigenvalue weighted by molar-refractivity contribution is -0.274. The zero-order valence-corrected chi connectivity index (χ0v) is 16.3. The molecule has 29 heavy (non-hydrogen) atoms. The first kappa shape index (κ1) is 21.0. The van der Waals surface area contributed by atoms with Crippen molar-refractivity contribution in [1.82, 2.24) is 0 Å². The molecule has 2 aromatic carbocycles. The number of alkyl halides is 3. The number of hydrogen-bond donors (Lipinski definition) is 0. The summed E-state index contributed by atoms with van der Waals surface area (Å²) < 4.78 is 40.7. The van der Waals surface area contributed by atoms with Gasteiger partial charge in [0.15, 0.2) is 0 Å². The van der Waals surface area contributed by atoms with Gasteiger partial charge in [-0.3, -0.25) is 0 Å². The fraction of sp³-hybridized carbons (Fsp3) is 0.360. The Labute approximate surface area is 170 Å². The number of ether oxygens (including phenoxy) is 1. The highest BCUT2D eigenvalue weighted by molar-refractivity contribution is 5.37. The molecule has 0 bridgehead atoms. The Bertz CT molecular complexity index is 846. The van der Waals surface area contributed by atoms with Gasteiger partial charge < -0.3 is 4.74 Å². The molecule has 0 heterocycles. The quantitative estimate of drug-likeness (QED) is 0.388. The molecule has 4 heteroatoms. The molecule has 3 rings (SSSR count). The Morgan fingerprint density at radius 2 is 1.62 bits per heavy atom. The molecule has 0 unspecified atom stereocenters. The maximum Gasteiger partial charge on any atom is 0.573 e. The third kappa shape index (κ3) is 6.71. The Morgan fingerprint density at radius 1 is 0.966 bits per heavy atom. The number of halogens is 3. The zero-order chi connectivity index (χ0) is 20.7. The smallest absolute Gasteiger partial charge is 0.406 e. The lowest BCUT2D eigenvalue weighted by Crippen LogP contribution is -2.17. The molecule has 2 aromatic rings. The van der Waals surface area contributed by atoms with E-state index in [1.54, 1.807) is 12.1 Å². The van der Waals surface area contributed by atoms with E-state index in [0.29, 0.717) is 11.8 Å². The first-order valence-electron chi connectivity index (χ1n) is 10.00. The largest absolute Gasteiger partial charge is 0.573 e. The van der Waals surface area contributed by atoms with Crippen LogP contribution in [0.5, 0.6) is 5.75 Å². The van der Waals surface area contributed by atoms with Gasteiger partial charge in [0.1, 0.15) is 5.75 Å². The van der Waals surface area contributed by atoms with E-state index in [1.165, 1.54) is 17.7 Å². The summed E-state index contributed by atoms with van der Waals surface area (Å²) in [6.45, 7) is 3.75. The fourth-order valence-corrected chi connectivity index (χ4v) is 3.72. The van der Waals surface area contributed by atoms with Crippen molar-refractivity contribution in [3.8, 4) is 17.6 Å². The van der Waals surface area contributed by atoms with Crippen LogP contribution in [0.15, 0.2) is 61.2 Å². The minimum absolute atomic E-state index is 0.170. The van der Waals surface area contributed by atoms with E-state index in [-0.39, 0.29) is 5.75 Å². The highest BCUT2D eigenvalue weighted by Crippen LogP contribution is 2.36. The second-order valence-electron chi connectivity index (χ2n) is 7.46. The van der Waals surface area contributed by atoms with E-state index in [0.717, 1.165) is 49.7 Å². The molecular weight excluding hydrogens is 373 g/mol. The molecule has 1 saturated carbocycles. The first-order chi connectivity index (χ1) is 13.9. The number of aryl methyl sites for hydroxylation is 1. The van der Waals surface area contributed by atoms with Crippen LogP contribution in [-0.2, 0) is 6.42 Å². The molecule has 0 atom stereocenters. The molecule has 1 aliphatic carbocycles. The van der Waals surface area contributed by atoms with Crippen molar-refractivity contribution in [3.63, 3.8) is 0 Å². The van der Waals surface area contributed by atoms with Crippen LogP contribution in [0, 0.1) is 17.8 Å². The molecule has 0 spiro atoms. The highest BCUT2D eigenvalue weighted by Gasteiger charge is 2.31. The fourth-order valence-electron chi connectivity index (χ4n) is 3.72. The van der Waals surface area contributed by atoms with Gasteiger partial charge in [0, 0.05) is 11.5 Å². The topological polar surface area (TPSA) is 9.23 Å². The van der Waals surface area contributed by atoms with Gasteiger partial charge in [-0.25, -0.2) is 0 Å². The molecule has 0 amide bonds. The molecule has 1 nitrogen and oxygen atoms in total. The van der Waals surface area contributed by atoms with Gasteiger partial charge in [0.2, 0.25) is 0 Å². The molecule has 152 valence electrons. The van der Waals surface area contributed by atoms with Gasteiger partial charge in [-0.15, -0.1) is 19.8 Å². The third-order valence-corrected chi connectivity index (χ3v) is 5.32. The molecule has 0 saturated heterocycles. The van der Waals surface area contributed by atoms with Crippen molar-refractivity contribution >= 4 is 0 Å². The normalized spacial score (nSPS) is 19.1. The van der Waals surface area contributed by atoms with Crippen molar-refractivity contribution in [2.45, 2.75) is 50.8 Å². The van der Waals surface area contributed by atoms with E-state index in [2.05, 4.69) is 47.4 Å². The number of rotatable bonds is 5. The van der Waals surface area contributed by atoms with Gasteiger partial charge in [-0.2, -0.15) is 0 Å². The SMILES string of the molecule is C=CCCc1ccc(C#CC2CCC(c3ccc(OC(F)(F)F)cc3)CC2)cc1. The Balaban J connectivity index is 1.51. The lowest BCUT2D eigenvalue weighted by atomic mass is 9.79. The average molecular weight is 398 g/mol. The summed E-state index contributed by atoms with van der Waals surface area (Å²) in [4.78, 5) is 0. The summed E-state index contributed by atoms with van der Waals surface area (Å²) in [5, 5.41) is 0. The maximum absolute atomic E-state index is 12.3. The summed E-state index contributed by atoms with van der Waals surface area (Å²) in [5.41, 5.74) is 3.40. The van der Waals surface area contributed by atoms with E-state index < -0.39 is 6.36 Å². The number of allylic oxidation sites excluding steroid dienone is 1. The van der Waals surface area contributed by atoms with Gasteiger partial charge in [0.05, 0.1) is 0 Å². The molecule has 1 aliphatic rings. The van der Waals surface area contributed by atoms with Crippen molar-refractivity contribution < 1.29 is 17.9 Å². The summed E-state index contributed by atoms with van der Waals surface area (Å²) in [6.07, 6.45) is 3.28. The van der Waals surface area contributed by atoms with E-state index in [9.17, 15) is 13.2 Å². The standard InChI is InChI=1S/C25H25F3O/c1-2-3-4-19-5-7-20(8-6-19)9-10-21-11-13-22(14-12-21)23-15-17-24(18-16-23)29-25(26,27)28/h2,5-8,15-18,21-22H,1,3-4,11-14H2. The van der Waals surface area contributed by atoms with Gasteiger partial charge in [-0.1, -0.05) is 42.2 Å². The van der Waals surface area contributed by atoms with Crippen LogP contribution >= 0.6 is 0 Å². The monoisotopic (exact) mass is 398 g/mol. The Morgan fingerprint density at radius 3 is 2.21 bits per heavy atom. The molecule has 1 fully saturated rings. The van der Waals surface area contributed by atoms with Crippen LogP contribution in [0.4, 0.5) is 13.2 Å². The second kappa shape index (κ2) is 9.69. The minimum atomic E-state index is -4.65. The minimum Gasteiger partial charge on any atom is -0.406 e. The molecule has 0 N–H and O–H groups in total. The summed E-state index contributed by atoms with van der Waals surface area (Å²) in [5.74, 6) is 7.26. The predicted molar refractivity (Wildman–Crippen MR) is 110 cm³/mol. The van der Waals surface area contributed by atoms with E-state index >= 15 is 0 Å². The van der Waals surface area contributed by atoms with Gasteiger partial charge >= 0.3 is 6.36 Å². The summed E-state index contributed by atoms with van der Waals surface area (Å²) >= 11 is 0. The Hall–Kier alpha value is -2.67. The number of benzene rings is 2. The van der Waals surface area contributed by atoms with Crippen LogP contribution in [0.1, 0.15) is 54.7 Å². The highest BCUT2D eigenvalue weighted by atomic mass is 19.4. The summed E-state index contributed by atoms with van der Waals surface area (Å²) in [7, 11) is 0. The van der Waals surface area contributed by atoms with E-state index in [4.69, 9.17) is 0 Å². The predicted octanol–water partition coefficient (Wildman–Crippen LogP) is 7.03. The third-order valence-electron chi connectivity index (χ3n) is 5.32. The van der Waals surface area contributed by atoms with Crippen molar-refractivity contribution in [1.29, 1.82) is 0 Å². The van der Waals surface area contributed by atoms with Gasteiger partial charge in [0.25, 0.3) is 0 Å². The molecule has 0 aliphatic heterocycles. The number of hydrogen-bond acceptors (Lipinski definition) is 1. The maximum atomic E-state index is 12.3. The molecule has 0 radical (unpaired) electrons. The van der Waals surface area contributed by atoms with E-state index in [1.807, 2.05) is 6.08 Å². The second-order valence-corrected chi connectivity index (χ2v) is 7.46. The van der Waals surface area contributed by atoms with Crippen LogP contribution < -0.4 is 4.74 Å². The Kier molecular flexibility index (Phi) is 7.04. The lowest BCUT2D eigenvalue weighted by Gasteiger charge is -2.26. The first-order valence-corrected chi connectivity index (χ1v) is 10.00. The van der Waals surface area contributed by atoms with Crippen molar-refractivity contribution in [2.75, 3.05) is 0 Å². The van der Waals surface area contributed by atoms with Crippen LogP contribution in [-0.4, -0.2) is 6.36 Å². The van der Waals surface area contributed by atoms with Crippen molar-refractivity contribution in [2.24, 2.45) is 5.92 Å². The van der Waals surface area contributed by atoms with Crippen LogP contribution in [0.25, 0.3) is 0 Å². The zero-order valence-electron chi connectivity index (χ0n) is 16.3. The molecular formula is C25H25F3O. The summed E-state index contributed by atoms with van der Waals surface area (Å²) in [6, 6.07) is 14.7. The van der Waals surface area contributed by atoms with Crippen LogP contribution in [0.2, 0.25) is 0 Å². The van der Waals surface area contributed by atoms with Crippen LogP contribution in [0.3, 0.4) is 0 Å². The molecule has 0 aromatic heterocycles. The van der Waals surface area contributed by atoms with Gasteiger partial charge in [-0.05, 0) is 79.8 Å². The average Bonchev–Trinajstić information content (AvgIpc) is 2.71. The van der Waals surface area contributed by atoms with Crippen molar-refractivity contribution in [3.05, 3.63) is 77.9 Å².